The molecule has 2 aromatic carbocycles. The van der Waals surface area contributed by atoms with Crippen LogP contribution in [0.15, 0.2) is 42.5 Å². The number of carbonyl (C=O) groups is 1. The lowest BCUT2D eigenvalue weighted by Crippen LogP contribution is -2.09. The highest BCUT2D eigenvalue weighted by Crippen LogP contribution is 2.37. The molecule has 0 aliphatic heterocycles. The van der Waals surface area contributed by atoms with Crippen LogP contribution in [0.5, 0.6) is 11.5 Å². The van der Waals surface area contributed by atoms with E-state index in [1.54, 1.807) is 43.5 Å². The van der Waals surface area contributed by atoms with Gasteiger partial charge in [0.05, 0.1) is 12.7 Å². The first-order valence-electron chi connectivity index (χ1n) is 7.78. The number of hydrogen-bond donors (Lipinski definition) is 2. The largest absolute Gasteiger partial charge is 0.505 e. The third kappa shape index (κ3) is 4.03. The van der Waals surface area contributed by atoms with Gasteiger partial charge in [0.15, 0.2) is 11.5 Å². The van der Waals surface area contributed by atoms with Crippen LogP contribution >= 0.6 is 0 Å². The number of aromatic hydroxyl groups is 1. The molecule has 0 radical (unpaired) electrons. The van der Waals surface area contributed by atoms with Crippen LogP contribution in [0.3, 0.4) is 0 Å². The molecule has 4 heteroatoms. The van der Waals surface area contributed by atoms with Gasteiger partial charge >= 0.3 is 0 Å². The van der Waals surface area contributed by atoms with Crippen LogP contribution in [-0.4, -0.2) is 24.5 Å². The van der Waals surface area contributed by atoms with Gasteiger partial charge in [-0.1, -0.05) is 44.2 Å². The third-order valence-electron chi connectivity index (χ3n) is 3.66. The second-order valence-corrected chi connectivity index (χ2v) is 5.84. The Labute approximate surface area is 137 Å². The lowest BCUT2D eigenvalue weighted by Gasteiger charge is -2.16. The lowest BCUT2D eigenvalue weighted by molar-refractivity contribution is 0.103. The van der Waals surface area contributed by atoms with Gasteiger partial charge < -0.3 is 15.2 Å². The number of ether oxygens (including phenoxy) is 1. The van der Waals surface area contributed by atoms with Gasteiger partial charge in [-0.2, -0.15) is 0 Å². The van der Waals surface area contributed by atoms with Gasteiger partial charge in [0.2, 0.25) is 0 Å². The highest BCUT2D eigenvalue weighted by atomic mass is 16.5. The van der Waals surface area contributed by atoms with Crippen LogP contribution in [0.4, 0.5) is 5.69 Å². The highest BCUT2D eigenvalue weighted by Gasteiger charge is 2.19. The van der Waals surface area contributed by atoms with E-state index in [0.29, 0.717) is 29.5 Å². The number of hydrogen-bond acceptors (Lipinski definition) is 4. The van der Waals surface area contributed by atoms with Crippen molar-refractivity contribution >= 4 is 11.5 Å². The summed E-state index contributed by atoms with van der Waals surface area (Å²) in [6, 6.07) is 12.2. The van der Waals surface area contributed by atoms with E-state index in [1.165, 1.54) is 0 Å². The summed E-state index contributed by atoms with van der Waals surface area (Å²) in [4.78, 5) is 12.6. The predicted octanol–water partition coefficient (Wildman–Crippen LogP) is 4.09. The molecule has 0 aliphatic rings. The van der Waals surface area contributed by atoms with Gasteiger partial charge in [0, 0.05) is 12.1 Å². The maximum atomic E-state index is 12.6. The normalized spacial score (nSPS) is 10.6. The van der Waals surface area contributed by atoms with E-state index in [9.17, 15) is 9.90 Å². The van der Waals surface area contributed by atoms with Crippen molar-refractivity contribution in [2.75, 3.05) is 19.0 Å². The molecular weight excluding hydrogens is 290 g/mol. The van der Waals surface area contributed by atoms with Gasteiger partial charge in [0.25, 0.3) is 0 Å². The number of methoxy groups -OCH3 is 1. The zero-order valence-corrected chi connectivity index (χ0v) is 13.8. The van der Waals surface area contributed by atoms with Gasteiger partial charge in [-0.05, 0) is 24.5 Å². The molecule has 2 rings (SSSR count). The summed E-state index contributed by atoms with van der Waals surface area (Å²) >= 11 is 0. The van der Waals surface area contributed by atoms with Gasteiger partial charge in [-0.25, -0.2) is 0 Å². The number of nitrogens with one attached hydrogen (secondary N) is 1. The number of phenolic OH excluding ortho intramolecular Hbond substituents is 1. The Bertz CT molecular complexity index is 666. The van der Waals surface area contributed by atoms with Crippen LogP contribution < -0.4 is 10.1 Å². The van der Waals surface area contributed by atoms with Gasteiger partial charge in [-0.3, -0.25) is 4.79 Å². The molecular formula is C19H23NO3. The van der Waals surface area contributed by atoms with Crippen molar-refractivity contribution in [2.24, 2.45) is 5.92 Å². The summed E-state index contributed by atoms with van der Waals surface area (Å²) in [5.41, 5.74) is 1.28. The molecule has 0 amide bonds. The molecule has 0 unspecified atom stereocenters. The van der Waals surface area contributed by atoms with Crippen LogP contribution in [0.2, 0.25) is 0 Å². The van der Waals surface area contributed by atoms with Crippen LogP contribution in [0, 0.1) is 5.92 Å². The number of carbonyl (C=O) groups excluding carboxylic acids is 1. The second-order valence-electron chi connectivity index (χ2n) is 5.84. The average Bonchev–Trinajstić information content (AvgIpc) is 2.56. The Morgan fingerprint density at radius 2 is 1.87 bits per heavy atom. The van der Waals surface area contributed by atoms with Crippen LogP contribution in [0.25, 0.3) is 0 Å². The van der Waals surface area contributed by atoms with Crippen molar-refractivity contribution in [3.05, 3.63) is 53.6 Å². The van der Waals surface area contributed by atoms with E-state index >= 15 is 0 Å². The molecule has 4 nitrogen and oxygen atoms in total. The molecule has 0 aliphatic carbocycles. The fourth-order valence-electron chi connectivity index (χ4n) is 2.33. The smallest absolute Gasteiger partial charge is 0.196 e. The molecule has 2 aromatic rings. The van der Waals surface area contributed by atoms with E-state index in [1.807, 2.05) is 6.07 Å². The molecule has 0 bridgehead atoms. The maximum absolute atomic E-state index is 12.6. The van der Waals surface area contributed by atoms with Crippen LogP contribution in [-0.2, 0) is 0 Å². The van der Waals surface area contributed by atoms with E-state index < -0.39 is 0 Å². The number of benzene rings is 2. The van der Waals surface area contributed by atoms with Crippen LogP contribution in [0.1, 0.15) is 36.2 Å². The maximum Gasteiger partial charge on any atom is 0.196 e. The number of rotatable bonds is 7. The van der Waals surface area contributed by atoms with Gasteiger partial charge in [-0.15, -0.1) is 0 Å². The SMILES string of the molecule is COc1ccc(C(=O)c2ccccc2)c(O)c1NCCC(C)C. The zero-order valence-electron chi connectivity index (χ0n) is 13.8. The average molecular weight is 313 g/mol. The van der Waals surface area contributed by atoms with E-state index in [0.717, 1.165) is 6.42 Å². The summed E-state index contributed by atoms with van der Waals surface area (Å²) in [7, 11) is 1.54. The minimum Gasteiger partial charge on any atom is -0.505 e. The fraction of sp³-hybridized carbons (Fsp3) is 0.316. The van der Waals surface area contributed by atoms with Crippen molar-refractivity contribution < 1.29 is 14.6 Å². The minimum absolute atomic E-state index is 0.0676. The minimum atomic E-state index is -0.210. The number of ketones is 1. The van der Waals surface area contributed by atoms with Crippen molar-refractivity contribution in [1.29, 1.82) is 0 Å². The van der Waals surface area contributed by atoms with E-state index in [-0.39, 0.29) is 17.1 Å². The summed E-state index contributed by atoms with van der Waals surface area (Å²) in [6.07, 6.45) is 0.958. The topological polar surface area (TPSA) is 58.6 Å². The Balaban J connectivity index is 2.33. The van der Waals surface area contributed by atoms with E-state index in [4.69, 9.17) is 4.74 Å². The summed E-state index contributed by atoms with van der Waals surface area (Å²) in [6.45, 7) is 4.97. The predicted molar refractivity (Wildman–Crippen MR) is 92.5 cm³/mol. The molecule has 2 N–H and O–H groups in total. The molecule has 23 heavy (non-hydrogen) atoms. The Hall–Kier alpha value is -2.49. The zero-order chi connectivity index (χ0) is 16.8. The molecule has 122 valence electrons. The Kier molecular flexibility index (Phi) is 5.63. The lowest BCUT2D eigenvalue weighted by atomic mass is 10.0. The second kappa shape index (κ2) is 7.68. The molecule has 0 saturated carbocycles. The summed E-state index contributed by atoms with van der Waals surface area (Å²) in [5.74, 6) is 0.792. The fourth-order valence-corrected chi connectivity index (χ4v) is 2.33. The molecule has 0 aromatic heterocycles. The number of phenols is 1. The van der Waals surface area contributed by atoms with Crippen molar-refractivity contribution in [3.8, 4) is 11.5 Å². The van der Waals surface area contributed by atoms with Crippen molar-refractivity contribution in [3.63, 3.8) is 0 Å². The van der Waals surface area contributed by atoms with Crippen molar-refractivity contribution in [1.82, 2.24) is 0 Å². The Morgan fingerprint density at radius 3 is 2.48 bits per heavy atom. The highest BCUT2D eigenvalue weighted by molar-refractivity contribution is 6.11. The van der Waals surface area contributed by atoms with Crippen molar-refractivity contribution in [2.45, 2.75) is 20.3 Å². The first-order chi connectivity index (χ1) is 11.0. The number of anilines is 1. The monoisotopic (exact) mass is 313 g/mol. The quantitative estimate of drug-likeness (QED) is 0.597. The first-order valence-corrected chi connectivity index (χ1v) is 7.78. The molecule has 0 heterocycles. The molecule has 0 saturated heterocycles. The molecule has 0 atom stereocenters. The summed E-state index contributed by atoms with van der Waals surface area (Å²) in [5, 5.41) is 13.7. The van der Waals surface area contributed by atoms with E-state index in [2.05, 4.69) is 19.2 Å². The Morgan fingerprint density at radius 1 is 1.17 bits per heavy atom. The third-order valence-corrected chi connectivity index (χ3v) is 3.66. The molecule has 0 spiro atoms. The first kappa shape index (κ1) is 16.9. The molecule has 0 fully saturated rings. The standard InChI is InChI=1S/C19H23NO3/c1-13(2)11-12-20-17-16(23-3)10-9-15(19(17)22)18(21)14-7-5-4-6-8-14/h4-10,13,20,22H,11-12H2,1-3H3. The van der Waals surface area contributed by atoms with Gasteiger partial charge in [0.1, 0.15) is 11.4 Å². The summed E-state index contributed by atoms with van der Waals surface area (Å²) < 4.78 is 5.29.